The van der Waals surface area contributed by atoms with E-state index in [4.69, 9.17) is 4.42 Å². The fourth-order valence-corrected chi connectivity index (χ4v) is 3.03. The Morgan fingerprint density at radius 2 is 2.07 bits per heavy atom. The van der Waals surface area contributed by atoms with Gasteiger partial charge >= 0.3 is 0 Å². The van der Waals surface area contributed by atoms with Gasteiger partial charge in [-0.2, -0.15) is 5.26 Å². The van der Waals surface area contributed by atoms with Crippen LogP contribution in [0.5, 0.6) is 0 Å². The number of rotatable bonds is 4. The van der Waals surface area contributed by atoms with E-state index < -0.39 is 4.92 Å². The van der Waals surface area contributed by atoms with Crippen molar-refractivity contribution in [3.63, 3.8) is 0 Å². The predicted molar refractivity (Wildman–Crippen MR) is 111 cm³/mol. The molecule has 0 atom stereocenters. The van der Waals surface area contributed by atoms with E-state index in [1.54, 1.807) is 36.4 Å². The number of benzene rings is 2. The number of hydrogen-bond donors (Lipinski definition) is 1. The molecule has 8 heteroatoms. The molecule has 30 heavy (non-hydrogen) atoms. The number of non-ortho nitro benzene ring substituents is 1. The van der Waals surface area contributed by atoms with Crippen LogP contribution in [0.2, 0.25) is 0 Å². The van der Waals surface area contributed by atoms with Crippen molar-refractivity contribution in [2.24, 2.45) is 0 Å². The lowest BCUT2D eigenvalue weighted by Gasteiger charge is -2.02. The van der Waals surface area contributed by atoms with Crippen molar-refractivity contribution in [2.75, 3.05) is 0 Å². The van der Waals surface area contributed by atoms with Crippen LogP contribution in [0.4, 0.5) is 5.69 Å². The van der Waals surface area contributed by atoms with Crippen LogP contribution >= 0.6 is 0 Å². The van der Waals surface area contributed by atoms with E-state index in [0.717, 1.165) is 5.56 Å². The normalized spacial score (nSPS) is 11.4. The van der Waals surface area contributed by atoms with Crippen LogP contribution in [0, 0.1) is 28.4 Å². The Kier molecular flexibility index (Phi) is 4.70. The van der Waals surface area contributed by atoms with Gasteiger partial charge in [0.05, 0.1) is 21.4 Å². The van der Waals surface area contributed by atoms with E-state index in [2.05, 4.69) is 9.97 Å². The maximum absolute atomic E-state index is 12.3. The van der Waals surface area contributed by atoms with E-state index in [-0.39, 0.29) is 22.6 Å². The minimum Gasteiger partial charge on any atom is -0.457 e. The third-order valence-electron chi connectivity index (χ3n) is 4.49. The van der Waals surface area contributed by atoms with Crippen LogP contribution in [0.1, 0.15) is 17.1 Å². The van der Waals surface area contributed by atoms with Crippen LogP contribution in [0.3, 0.4) is 0 Å². The number of aryl methyl sites for hydroxylation is 1. The molecule has 2 aromatic heterocycles. The third-order valence-corrected chi connectivity index (χ3v) is 4.49. The lowest BCUT2D eigenvalue weighted by molar-refractivity contribution is -0.384. The van der Waals surface area contributed by atoms with Crippen molar-refractivity contribution in [1.29, 1.82) is 5.26 Å². The predicted octanol–water partition coefficient (Wildman–Crippen LogP) is 4.46. The summed E-state index contributed by atoms with van der Waals surface area (Å²) >= 11 is 0. The fourth-order valence-electron chi connectivity index (χ4n) is 3.03. The third kappa shape index (κ3) is 3.59. The highest BCUT2D eigenvalue weighted by Crippen LogP contribution is 2.27. The number of nitrogens with zero attached hydrogens (tertiary/aromatic N) is 3. The second-order valence-electron chi connectivity index (χ2n) is 6.61. The van der Waals surface area contributed by atoms with Crippen molar-refractivity contribution in [1.82, 2.24) is 9.97 Å². The van der Waals surface area contributed by atoms with Gasteiger partial charge in [0.25, 0.3) is 11.2 Å². The van der Waals surface area contributed by atoms with E-state index >= 15 is 0 Å². The zero-order valence-electron chi connectivity index (χ0n) is 15.7. The summed E-state index contributed by atoms with van der Waals surface area (Å²) in [6.07, 6.45) is 1.46. The first-order chi connectivity index (χ1) is 14.4. The Morgan fingerprint density at radius 3 is 2.83 bits per heavy atom. The highest BCUT2D eigenvalue weighted by atomic mass is 16.6. The zero-order valence-corrected chi connectivity index (χ0v) is 15.7. The average Bonchev–Trinajstić information content (AvgIpc) is 3.20. The fraction of sp³-hybridized carbons (Fsp3) is 0.0455. The Balaban J connectivity index is 1.73. The summed E-state index contributed by atoms with van der Waals surface area (Å²) in [5.74, 6) is 0.895. The minimum absolute atomic E-state index is 0.0491. The number of hydrogen-bond acceptors (Lipinski definition) is 6. The Bertz CT molecular complexity index is 1420. The summed E-state index contributed by atoms with van der Waals surface area (Å²) in [6, 6.07) is 16.6. The van der Waals surface area contributed by atoms with Gasteiger partial charge in [0.15, 0.2) is 5.82 Å². The van der Waals surface area contributed by atoms with Gasteiger partial charge in [-0.1, -0.05) is 18.2 Å². The van der Waals surface area contributed by atoms with Crippen LogP contribution in [0.25, 0.3) is 33.9 Å². The summed E-state index contributed by atoms with van der Waals surface area (Å²) in [5.41, 5.74) is 1.71. The summed E-state index contributed by atoms with van der Waals surface area (Å²) < 4.78 is 5.73. The molecule has 0 radical (unpaired) electrons. The Hall–Kier alpha value is -4.51. The van der Waals surface area contributed by atoms with E-state index in [1.165, 1.54) is 18.2 Å². The number of aromatic amines is 1. The van der Waals surface area contributed by atoms with E-state index in [0.29, 0.717) is 28.0 Å². The van der Waals surface area contributed by atoms with Crippen LogP contribution in [-0.2, 0) is 0 Å². The molecule has 1 N–H and O–H groups in total. The first kappa shape index (κ1) is 18.8. The van der Waals surface area contributed by atoms with Crippen molar-refractivity contribution in [3.8, 4) is 17.4 Å². The molecule has 0 aliphatic carbocycles. The van der Waals surface area contributed by atoms with Crippen molar-refractivity contribution >= 4 is 28.2 Å². The molecular weight excluding hydrogens is 384 g/mol. The van der Waals surface area contributed by atoms with Gasteiger partial charge in [0.1, 0.15) is 17.6 Å². The highest BCUT2D eigenvalue weighted by Gasteiger charge is 2.12. The summed E-state index contributed by atoms with van der Waals surface area (Å²) in [5, 5.41) is 21.0. The maximum atomic E-state index is 12.3. The average molecular weight is 398 g/mol. The van der Waals surface area contributed by atoms with Crippen LogP contribution in [0.15, 0.2) is 63.8 Å². The lowest BCUT2D eigenvalue weighted by Crippen LogP contribution is -2.11. The molecule has 0 spiro atoms. The van der Waals surface area contributed by atoms with Gasteiger partial charge in [-0.25, -0.2) is 4.98 Å². The monoisotopic (exact) mass is 398 g/mol. The molecule has 0 saturated heterocycles. The summed E-state index contributed by atoms with van der Waals surface area (Å²) in [6.45, 7) is 1.89. The first-order valence-corrected chi connectivity index (χ1v) is 8.92. The maximum Gasteiger partial charge on any atom is 0.270 e. The Labute approximate surface area is 169 Å². The van der Waals surface area contributed by atoms with Crippen molar-refractivity contribution in [2.45, 2.75) is 6.92 Å². The van der Waals surface area contributed by atoms with E-state index in [1.807, 2.05) is 19.1 Å². The van der Waals surface area contributed by atoms with Gasteiger partial charge in [-0.05, 0) is 36.8 Å². The second-order valence-corrected chi connectivity index (χ2v) is 6.61. The quantitative estimate of drug-likeness (QED) is 0.307. The first-order valence-electron chi connectivity index (χ1n) is 8.92. The number of nitrogens with one attached hydrogen (secondary N) is 1. The van der Waals surface area contributed by atoms with Gasteiger partial charge in [-0.15, -0.1) is 0 Å². The zero-order chi connectivity index (χ0) is 21.3. The molecule has 0 saturated carbocycles. The molecule has 0 fully saturated rings. The number of nitro benzene ring substituents is 1. The molecule has 8 nitrogen and oxygen atoms in total. The molecule has 0 aliphatic heterocycles. The smallest absolute Gasteiger partial charge is 0.270 e. The van der Waals surface area contributed by atoms with Crippen molar-refractivity contribution < 1.29 is 9.34 Å². The number of furan rings is 1. The number of nitro groups is 1. The molecular formula is C22H14N4O4. The number of allylic oxidation sites excluding steroid dienone is 1. The SMILES string of the molecule is Cc1ccc2c(=O)[nH]c(/C(C#N)=C/c3ccc(-c4cccc([N+](=O)[O-])c4)o3)nc2c1. The summed E-state index contributed by atoms with van der Waals surface area (Å²) in [7, 11) is 0. The molecule has 4 rings (SSSR count). The van der Waals surface area contributed by atoms with Gasteiger partial charge < -0.3 is 9.40 Å². The number of fused-ring (bicyclic) bond motifs is 1. The molecule has 0 unspecified atom stereocenters. The molecule has 2 aromatic carbocycles. The number of H-pyrrole nitrogens is 1. The standard InChI is InChI=1S/C22H14N4O4/c1-13-5-7-18-19(9-13)24-21(25-22(18)27)15(12-23)11-17-6-8-20(30-17)14-3-2-4-16(10-14)26(28)29/h2-11H,1H3,(H,24,25,27)/b15-11+. The summed E-state index contributed by atoms with van der Waals surface area (Å²) in [4.78, 5) is 29.9. The van der Waals surface area contributed by atoms with E-state index in [9.17, 15) is 20.2 Å². The molecule has 0 bridgehead atoms. The second kappa shape index (κ2) is 7.48. The lowest BCUT2D eigenvalue weighted by atomic mass is 10.1. The molecule has 2 heterocycles. The minimum atomic E-state index is -0.482. The highest BCUT2D eigenvalue weighted by molar-refractivity contribution is 5.88. The van der Waals surface area contributed by atoms with Gasteiger partial charge in [0, 0.05) is 23.8 Å². The molecule has 4 aromatic rings. The van der Waals surface area contributed by atoms with Crippen LogP contribution < -0.4 is 5.56 Å². The van der Waals surface area contributed by atoms with Crippen LogP contribution in [-0.4, -0.2) is 14.9 Å². The Morgan fingerprint density at radius 1 is 1.23 bits per heavy atom. The van der Waals surface area contributed by atoms with Crippen molar-refractivity contribution in [3.05, 3.63) is 92.2 Å². The molecule has 146 valence electrons. The largest absolute Gasteiger partial charge is 0.457 e. The topological polar surface area (TPSA) is 126 Å². The number of nitriles is 1. The van der Waals surface area contributed by atoms with Gasteiger partial charge in [-0.3, -0.25) is 14.9 Å². The molecule has 0 aliphatic rings. The molecule has 0 amide bonds. The number of aromatic nitrogens is 2. The van der Waals surface area contributed by atoms with Gasteiger partial charge in [0.2, 0.25) is 0 Å².